The van der Waals surface area contributed by atoms with Gasteiger partial charge < -0.3 is 20.9 Å². The minimum atomic E-state index is -0.999. The van der Waals surface area contributed by atoms with Gasteiger partial charge in [0.2, 0.25) is 0 Å². The zero-order valence-electron chi connectivity index (χ0n) is 12.4. The smallest absolute Gasteiger partial charge is 0.121 e. The van der Waals surface area contributed by atoms with Gasteiger partial charge in [0.25, 0.3) is 0 Å². The Morgan fingerprint density at radius 3 is 2.52 bits per heavy atom. The van der Waals surface area contributed by atoms with E-state index in [1.807, 2.05) is 54.6 Å². The molecule has 0 aliphatic carbocycles. The quantitative estimate of drug-likeness (QED) is 0.714. The zero-order valence-corrected chi connectivity index (χ0v) is 12.4. The summed E-state index contributed by atoms with van der Waals surface area (Å²) in [7, 11) is 0. The molecular weight excluding hydrogens is 264 g/mol. The third-order valence-electron chi connectivity index (χ3n) is 3.17. The fourth-order valence-corrected chi connectivity index (χ4v) is 1.77. The summed E-state index contributed by atoms with van der Waals surface area (Å²) in [5, 5.41) is 12.9. The van der Waals surface area contributed by atoms with E-state index in [4.69, 9.17) is 10.5 Å². The molecule has 2 aromatic rings. The van der Waals surface area contributed by atoms with E-state index in [-0.39, 0.29) is 0 Å². The molecule has 0 radical (unpaired) electrons. The fourth-order valence-electron chi connectivity index (χ4n) is 1.77. The van der Waals surface area contributed by atoms with Crippen molar-refractivity contribution in [3.8, 4) is 5.75 Å². The Bertz CT molecular complexity index is 565. The summed E-state index contributed by atoms with van der Waals surface area (Å²) in [4.78, 5) is 0. The molecule has 4 N–H and O–H groups in total. The molecule has 4 nitrogen and oxygen atoms in total. The molecule has 0 saturated heterocycles. The van der Waals surface area contributed by atoms with E-state index >= 15 is 0 Å². The first-order valence-electron chi connectivity index (χ1n) is 6.96. The Kier molecular flexibility index (Phi) is 4.83. The summed E-state index contributed by atoms with van der Waals surface area (Å²) in [5.41, 5.74) is 6.83. The van der Waals surface area contributed by atoms with Crippen LogP contribution >= 0.6 is 0 Å². The fraction of sp³-hybridized carbons (Fsp3) is 0.294. The van der Waals surface area contributed by atoms with Crippen LogP contribution in [0.3, 0.4) is 0 Å². The molecule has 112 valence electrons. The lowest BCUT2D eigenvalue weighted by molar-refractivity contribution is 0.0611. The second-order valence-corrected chi connectivity index (χ2v) is 5.58. The first-order chi connectivity index (χ1) is 9.95. The van der Waals surface area contributed by atoms with Gasteiger partial charge in [-0.05, 0) is 31.5 Å². The Morgan fingerprint density at radius 2 is 1.86 bits per heavy atom. The van der Waals surface area contributed by atoms with Gasteiger partial charge in [0, 0.05) is 11.8 Å². The number of benzene rings is 2. The molecule has 2 aromatic carbocycles. The van der Waals surface area contributed by atoms with Crippen molar-refractivity contribution in [3.63, 3.8) is 0 Å². The van der Waals surface area contributed by atoms with Crippen molar-refractivity contribution < 1.29 is 9.84 Å². The third-order valence-corrected chi connectivity index (χ3v) is 3.17. The van der Waals surface area contributed by atoms with E-state index in [0.717, 1.165) is 17.0 Å². The van der Waals surface area contributed by atoms with E-state index < -0.39 is 11.8 Å². The molecule has 2 rings (SSSR count). The van der Waals surface area contributed by atoms with Crippen LogP contribution in [0.15, 0.2) is 54.6 Å². The van der Waals surface area contributed by atoms with Crippen molar-refractivity contribution in [2.24, 2.45) is 5.73 Å². The second-order valence-electron chi connectivity index (χ2n) is 5.58. The molecular formula is C17H22N2O2. The zero-order chi connectivity index (χ0) is 15.3. The number of nitrogens with two attached hydrogens (primary N) is 1. The molecule has 0 bridgehead atoms. The second kappa shape index (κ2) is 6.61. The van der Waals surface area contributed by atoms with Crippen molar-refractivity contribution in [3.05, 3.63) is 60.2 Å². The molecule has 21 heavy (non-hydrogen) atoms. The van der Waals surface area contributed by atoms with Crippen LogP contribution in [0.5, 0.6) is 5.75 Å². The van der Waals surface area contributed by atoms with Crippen LogP contribution in [-0.2, 0) is 6.61 Å². The highest BCUT2D eigenvalue weighted by Crippen LogP contribution is 2.20. The summed E-state index contributed by atoms with van der Waals surface area (Å²) >= 11 is 0. The predicted octanol–water partition coefficient (Wildman–Crippen LogP) is 2.73. The number of ether oxygens (including phenoxy) is 1. The van der Waals surface area contributed by atoms with E-state index in [0.29, 0.717) is 6.61 Å². The van der Waals surface area contributed by atoms with Gasteiger partial charge >= 0.3 is 0 Å². The highest BCUT2D eigenvalue weighted by atomic mass is 16.5. The van der Waals surface area contributed by atoms with Crippen molar-refractivity contribution in [1.82, 2.24) is 0 Å². The van der Waals surface area contributed by atoms with Gasteiger partial charge in [-0.3, -0.25) is 0 Å². The van der Waals surface area contributed by atoms with Gasteiger partial charge in [0.05, 0.1) is 5.60 Å². The normalized spacial score (nSPS) is 12.8. The summed E-state index contributed by atoms with van der Waals surface area (Å²) in [6.07, 6.45) is -0.554. The van der Waals surface area contributed by atoms with Gasteiger partial charge in [-0.2, -0.15) is 0 Å². The number of hydrogen-bond donors (Lipinski definition) is 3. The van der Waals surface area contributed by atoms with E-state index in [2.05, 4.69) is 5.32 Å². The lowest BCUT2D eigenvalue weighted by atomic mass is 10.1. The number of nitrogens with one attached hydrogen (secondary N) is 1. The SMILES string of the molecule is CC(C)(O)C(N)Nc1cccc(OCc2ccccc2)c1. The highest BCUT2D eigenvalue weighted by Gasteiger charge is 2.22. The maximum atomic E-state index is 9.85. The molecule has 1 unspecified atom stereocenters. The standard InChI is InChI=1S/C17H22N2O2/c1-17(2,20)16(18)19-14-9-6-10-15(11-14)21-12-13-7-4-3-5-8-13/h3-11,16,19-20H,12,18H2,1-2H3. The number of aliphatic hydroxyl groups is 1. The third kappa shape index (κ3) is 4.77. The average Bonchev–Trinajstić information content (AvgIpc) is 2.46. The summed E-state index contributed by atoms with van der Waals surface area (Å²) in [5.74, 6) is 0.756. The Labute approximate surface area is 125 Å². The summed E-state index contributed by atoms with van der Waals surface area (Å²) < 4.78 is 5.76. The van der Waals surface area contributed by atoms with Crippen LogP contribution in [-0.4, -0.2) is 16.9 Å². The number of hydrogen-bond acceptors (Lipinski definition) is 4. The van der Waals surface area contributed by atoms with Crippen LogP contribution in [0.2, 0.25) is 0 Å². The molecule has 0 aromatic heterocycles. The number of rotatable bonds is 6. The number of anilines is 1. The molecule has 0 saturated carbocycles. The van der Waals surface area contributed by atoms with Crippen LogP contribution in [0.4, 0.5) is 5.69 Å². The molecule has 0 aliphatic rings. The minimum Gasteiger partial charge on any atom is -0.489 e. The molecule has 0 aliphatic heterocycles. The van der Waals surface area contributed by atoms with Gasteiger partial charge in [-0.1, -0.05) is 36.4 Å². The summed E-state index contributed by atoms with van der Waals surface area (Å²) in [6, 6.07) is 17.5. The maximum Gasteiger partial charge on any atom is 0.121 e. The first kappa shape index (κ1) is 15.4. The summed E-state index contributed by atoms with van der Waals surface area (Å²) in [6.45, 7) is 3.85. The van der Waals surface area contributed by atoms with Crippen molar-refractivity contribution in [2.75, 3.05) is 5.32 Å². The van der Waals surface area contributed by atoms with Gasteiger partial charge in [0.15, 0.2) is 0 Å². The van der Waals surface area contributed by atoms with Crippen molar-refractivity contribution in [1.29, 1.82) is 0 Å². The Morgan fingerprint density at radius 1 is 1.14 bits per heavy atom. The van der Waals surface area contributed by atoms with Crippen LogP contribution in [0.25, 0.3) is 0 Å². The Hall–Kier alpha value is -2.04. The maximum absolute atomic E-state index is 9.85. The van der Waals surface area contributed by atoms with Crippen LogP contribution in [0.1, 0.15) is 19.4 Å². The molecule has 0 spiro atoms. The molecule has 0 amide bonds. The van der Waals surface area contributed by atoms with Gasteiger partial charge in [-0.25, -0.2) is 0 Å². The molecule has 0 fully saturated rings. The van der Waals surface area contributed by atoms with Gasteiger partial charge in [0.1, 0.15) is 18.5 Å². The van der Waals surface area contributed by atoms with E-state index in [9.17, 15) is 5.11 Å². The molecule has 4 heteroatoms. The lowest BCUT2D eigenvalue weighted by Gasteiger charge is -2.27. The largest absolute Gasteiger partial charge is 0.489 e. The lowest BCUT2D eigenvalue weighted by Crippen LogP contribution is -2.48. The first-order valence-corrected chi connectivity index (χ1v) is 6.96. The monoisotopic (exact) mass is 286 g/mol. The Balaban J connectivity index is 1.98. The topological polar surface area (TPSA) is 67.5 Å². The molecule has 0 heterocycles. The molecule has 1 atom stereocenters. The van der Waals surface area contributed by atoms with Crippen LogP contribution in [0, 0.1) is 0 Å². The van der Waals surface area contributed by atoms with Gasteiger partial charge in [-0.15, -0.1) is 0 Å². The van der Waals surface area contributed by atoms with Crippen LogP contribution < -0.4 is 15.8 Å². The van der Waals surface area contributed by atoms with Crippen molar-refractivity contribution >= 4 is 5.69 Å². The highest BCUT2D eigenvalue weighted by molar-refractivity contribution is 5.49. The predicted molar refractivity (Wildman–Crippen MR) is 85.1 cm³/mol. The minimum absolute atomic E-state index is 0.516. The van der Waals surface area contributed by atoms with E-state index in [1.165, 1.54) is 0 Å². The average molecular weight is 286 g/mol. The van der Waals surface area contributed by atoms with Crippen molar-refractivity contribution in [2.45, 2.75) is 32.2 Å². The van der Waals surface area contributed by atoms with E-state index in [1.54, 1.807) is 13.8 Å².